The van der Waals surface area contributed by atoms with E-state index in [0.717, 1.165) is 6.20 Å². The Morgan fingerprint density at radius 1 is 1.71 bits per heavy atom. The number of aromatic nitrogens is 1. The number of halogens is 1. The highest BCUT2D eigenvalue weighted by atomic mass is 19.1. The Bertz CT molecular complexity index is 442. The molecule has 90 valence electrons. The van der Waals surface area contributed by atoms with Gasteiger partial charge in [0.1, 0.15) is 5.82 Å². The average molecular weight is 236 g/mol. The summed E-state index contributed by atoms with van der Waals surface area (Å²) in [6, 6.07) is 1.02. The average Bonchev–Trinajstić information content (AvgIpc) is 2.27. The summed E-state index contributed by atoms with van der Waals surface area (Å²) in [7, 11) is 0. The molecular weight excluding hydrogens is 223 g/mol. The van der Waals surface area contributed by atoms with Gasteiger partial charge in [0.2, 0.25) is 0 Å². The van der Waals surface area contributed by atoms with Gasteiger partial charge in [0.25, 0.3) is 0 Å². The lowest BCUT2D eigenvalue weighted by atomic mass is 10.1. The smallest absolute Gasteiger partial charge is 0.317 e. The van der Waals surface area contributed by atoms with E-state index in [1.54, 1.807) is 11.8 Å². The first-order valence-corrected chi connectivity index (χ1v) is 5.04. The quantitative estimate of drug-likeness (QED) is 0.783. The minimum Gasteiger partial charge on any atom is -0.480 e. The lowest BCUT2D eigenvalue weighted by molar-refractivity contribution is -0.138. The van der Waals surface area contributed by atoms with Gasteiger partial charge in [0.15, 0.2) is 0 Å². The van der Waals surface area contributed by atoms with E-state index < -0.39 is 11.8 Å². The second-order valence-corrected chi connectivity index (χ2v) is 3.62. The third-order valence-electron chi connectivity index (χ3n) is 2.39. The maximum Gasteiger partial charge on any atom is 0.317 e. The Morgan fingerprint density at radius 3 is 2.94 bits per heavy atom. The molecule has 0 spiro atoms. The third kappa shape index (κ3) is 3.85. The van der Waals surface area contributed by atoms with Gasteiger partial charge in [0.05, 0.1) is 19.3 Å². The van der Waals surface area contributed by atoms with Crippen molar-refractivity contribution in [2.45, 2.75) is 13.0 Å². The topological polar surface area (TPSA) is 53.4 Å². The van der Waals surface area contributed by atoms with Crippen LogP contribution in [-0.4, -0.2) is 34.0 Å². The van der Waals surface area contributed by atoms with Crippen LogP contribution in [0.25, 0.3) is 0 Å². The van der Waals surface area contributed by atoms with E-state index in [1.807, 2.05) is 0 Å². The number of pyridine rings is 1. The van der Waals surface area contributed by atoms with Gasteiger partial charge in [-0.2, -0.15) is 0 Å². The SMILES string of the molecule is C#CCN(CC(=O)O)C(C)c1cncc(F)c1. The van der Waals surface area contributed by atoms with E-state index in [-0.39, 0.29) is 19.1 Å². The van der Waals surface area contributed by atoms with Crippen LogP contribution in [0.1, 0.15) is 18.5 Å². The van der Waals surface area contributed by atoms with Gasteiger partial charge in [-0.15, -0.1) is 6.42 Å². The lowest BCUT2D eigenvalue weighted by Gasteiger charge is -2.25. The molecule has 1 rings (SSSR count). The first kappa shape index (κ1) is 13.1. The normalized spacial score (nSPS) is 12.1. The number of carbonyl (C=O) groups is 1. The fourth-order valence-corrected chi connectivity index (χ4v) is 1.49. The molecule has 1 atom stereocenters. The Morgan fingerprint density at radius 2 is 2.41 bits per heavy atom. The summed E-state index contributed by atoms with van der Waals surface area (Å²) in [5.74, 6) is 0.958. The highest BCUT2D eigenvalue weighted by Gasteiger charge is 2.18. The van der Waals surface area contributed by atoms with E-state index in [4.69, 9.17) is 11.5 Å². The molecule has 0 aliphatic rings. The maximum absolute atomic E-state index is 13.0. The predicted molar refractivity (Wildman–Crippen MR) is 60.7 cm³/mol. The molecule has 1 unspecified atom stereocenters. The number of rotatable bonds is 5. The summed E-state index contributed by atoms with van der Waals surface area (Å²) >= 11 is 0. The Labute approximate surface area is 99.1 Å². The third-order valence-corrected chi connectivity index (χ3v) is 2.39. The van der Waals surface area contributed by atoms with Crippen LogP contribution >= 0.6 is 0 Å². The molecule has 0 bridgehead atoms. The molecule has 0 fully saturated rings. The molecule has 1 aromatic heterocycles. The van der Waals surface area contributed by atoms with E-state index in [9.17, 15) is 9.18 Å². The van der Waals surface area contributed by atoms with Crippen LogP contribution in [0.15, 0.2) is 18.5 Å². The van der Waals surface area contributed by atoms with E-state index in [1.165, 1.54) is 12.3 Å². The number of carboxylic acid groups (broad SMARTS) is 1. The van der Waals surface area contributed by atoms with Crippen molar-refractivity contribution in [2.24, 2.45) is 0 Å². The second-order valence-electron chi connectivity index (χ2n) is 3.62. The fourth-order valence-electron chi connectivity index (χ4n) is 1.49. The summed E-state index contributed by atoms with van der Waals surface area (Å²) < 4.78 is 13.0. The van der Waals surface area contributed by atoms with Gasteiger partial charge in [-0.05, 0) is 18.6 Å². The first-order valence-electron chi connectivity index (χ1n) is 5.04. The number of hydrogen-bond acceptors (Lipinski definition) is 3. The minimum atomic E-state index is -0.975. The highest BCUT2D eigenvalue weighted by Crippen LogP contribution is 2.19. The van der Waals surface area contributed by atoms with Gasteiger partial charge < -0.3 is 5.11 Å². The summed E-state index contributed by atoms with van der Waals surface area (Å²) in [5, 5.41) is 8.76. The molecule has 5 heteroatoms. The molecule has 1 heterocycles. The molecule has 0 amide bonds. The van der Waals surface area contributed by atoms with Crippen LogP contribution in [0.4, 0.5) is 4.39 Å². The van der Waals surface area contributed by atoms with Crippen LogP contribution in [0.5, 0.6) is 0 Å². The molecule has 0 aliphatic carbocycles. The Balaban J connectivity index is 2.87. The van der Waals surface area contributed by atoms with E-state index in [0.29, 0.717) is 5.56 Å². The van der Waals surface area contributed by atoms with Gasteiger partial charge in [-0.3, -0.25) is 14.7 Å². The number of nitrogens with zero attached hydrogens (tertiary/aromatic N) is 2. The van der Waals surface area contributed by atoms with E-state index >= 15 is 0 Å². The molecule has 4 nitrogen and oxygen atoms in total. The zero-order valence-corrected chi connectivity index (χ0v) is 9.43. The zero-order chi connectivity index (χ0) is 12.8. The van der Waals surface area contributed by atoms with Crippen molar-refractivity contribution in [3.8, 4) is 12.3 Å². The van der Waals surface area contributed by atoms with Crippen LogP contribution in [-0.2, 0) is 4.79 Å². The van der Waals surface area contributed by atoms with Crippen LogP contribution in [0.3, 0.4) is 0 Å². The Kier molecular flexibility index (Phi) is 4.61. The monoisotopic (exact) mass is 236 g/mol. The van der Waals surface area contributed by atoms with Crippen LogP contribution < -0.4 is 0 Å². The largest absolute Gasteiger partial charge is 0.480 e. The van der Waals surface area contributed by atoms with Crippen molar-refractivity contribution in [3.63, 3.8) is 0 Å². The molecule has 1 aromatic rings. The number of hydrogen-bond donors (Lipinski definition) is 1. The van der Waals surface area contributed by atoms with Crippen molar-refractivity contribution in [2.75, 3.05) is 13.1 Å². The maximum atomic E-state index is 13.0. The molecule has 0 saturated carbocycles. The van der Waals surface area contributed by atoms with Gasteiger partial charge >= 0.3 is 5.97 Å². The highest BCUT2D eigenvalue weighted by molar-refractivity contribution is 5.69. The predicted octanol–water partition coefficient (Wildman–Crippen LogP) is 1.30. The van der Waals surface area contributed by atoms with Gasteiger partial charge in [0, 0.05) is 12.2 Å². The molecule has 0 saturated heterocycles. The fraction of sp³-hybridized carbons (Fsp3) is 0.333. The molecule has 1 N–H and O–H groups in total. The molecule has 0 aromatic carbocycles. The van der Waals surface area contributed by atoms with Crippen molar-refractivity contribution in [3.05, 3.63) is 29.8 Å². The second kappa shape index (κ2) is 5.97. The van der Waals surface area contributed by atoms with Gasteiger partial charge in [-0.1, -0.05) is 5.92 Å². The number of terminal acetylenes is 1. The van der Waals surface area contributed by atoms with Crippen LogP contribution in [0.2, 0.25) is 0 Å². The zero-order valence-electron chi connectivity index (χ0n) is 9.43. The summed E-state index contributed by atoms with van der Waals surface area (Å²) in [4.78, 5) is 16.0. The molecule has 0 radical (unpaired) electrons. The van der Waals surface area contributed by atoms with Crippen LogP contribution in [0, 0.1) is 18.2 Å². The first-order chi connectivity index (χ1) is 8.04. The summed E-state index contributed by atoms with van der Waals surface area (Å²) in [6.07, 6.45) is 7.77. The van der Waals surface area contributed by atoms with Crippen molar-refractivity contribution in [1.29, 1.82) is 0 Å². The van der Waals surface area contributed by atoms with Crippen molar-refractivity contribution >= 4 is 5.97 Å². The lowest BCUT2D eigenvalue weighted by Crippen LogP contribution is -2.32. The number of aliphatic carboxylic acids is 1. The van der Waals surface area contributed by atoms with Crippen molar-refractivity contribution < 1.29 is 14.3 Å². The Hall–Kier alpha value is -1.93. The molecule has 17 heavy (non-hydrogen) atoms. The molecular formula is C12H13FN2O2. The van der Waals surface area contributed by atoms with E-state index in [2.05, 4.69) is 10.9 Å². The summed E-state index contributed by atoms with van der Waals surface area (Å²) in [6.45, 7) is 1.75. The minimum absolute atomic E-state index is 0.185. The number of carboxylic acids is 1. The summed E-state index contributed by atoms with van der Waals surface area (Å²) in [5.41, 5.74) is 0.599. The van der Waals surface area contributed by atoms with Gasteiger partial charge in [-0.25, -0.2) is 4.39 Å². The standard InChI is InChI=1S/C12H13FN2O2/c1-3-4-15(8-12(16)17)9(2)10-5-11(13)7-14-6-10/h1,5-7,9H,4,8H2,2H3,(H,16,17). The van der Waals surface area contributed by atoms with Crippen molar-refractivity contribution in [1.82, 2.24) is 9.88 Å². The molecule has 0 aliphatic heterocycles.